The fraction of sp³-hybridized carbons (Fsp3) is 0.733. The standard InChI is InChI=1S/C15H27N3O2S/c1-4-13-7-8-18(11-13)21(19,20)15-9-14(10-16-5-2)17(6-3)12-15/h9,12-13,16H,4-8,10-11H2,1-3H3. The highest BCUT2D eigenvalue weighted by atomic mass is 32.2. The van der Waals surface area contributed by atoms with Crippen LogP contribution in [-0.2, 0) is 23.1 Å². The predicted octanol–water partition coefficient (Wildman–Crippen LogP) is 2.04. The molecule has 1 aromatic rings. The summed E-state index contributed by atoms with van der Waals surface area (Å²) < 4.78 is 29.1. The van der Waals surface area contributed by atoms with Gasteiger partial charge in [-0.3, -0.25) is 0 Å². The molecule has 120 valence electrons. The van der Waals surface area contributed by atoms with Crippen LogP contribution in [-0.4, -0.2) is 36.9 Å². The monoisotopic (exact) mass is 313 g/mol. The molecule has 0 radical (unpaired) electrons. The van der Waals surface area contributed by atoms with Crippen LogP contribution in [0.1, 0.15) is 39.3 Å². The Labute approximate surface area is 128 Å². The second-order valence-electron chi connectivity index (χ2n) is 5.66. The molecule has 1 saturated heterocycles. The van der Waals surface area contributed by atoms with Gasteiger partial charge in [0.15, 0.2) is 0 Å². The summed E-state index contributed by atoms with van der Waals surface area (Å²) in [5.41, 5.74) is 1.03. The smallest absolute Gasteiger partial charge is 0.244 e. The Morgan fingerprint density at radius 2 is 2.10 bits per heavy atom. The Balaban J connectivity index is 2.22. The maximum atomic E-state index is 12.7. The third-order valence-corrected chi connectivity index (χ3v) is 6.15. The summed E-state index contributed by atoms with van der Waals surface area (Å²) in [5, 5.41) is 3.26. The van der Waals surface area contributed by atoms with Gasteiger partial charge in [0.25, 0.3) is 0 Å². The number of rotatable bonds is 7. The largest absolute Gasteiger partial charge is 0.349 e. The minimum absolute atomic E-state index is 0.439. The van der Waals surface area contributed by atoms with E-state index in [-0.39, 0.29) is 0 Å². The molecule has 2 heterocycles. The van der Waals surface area contributed by atoms with Crippen LogP contribution >= 0.6 is 0 Å². The molecule has 0 aromatic carbocycles. The van der Waals surface area contributed by atoms with Gasteiger partial charge in [-0.15, -0.1) is 0 Å². The molecule has 1 aliphatic rings. The quantitative estimate of drug-likeness (QED) is 0.838. The van der Waals surface area contributed by atoms with Crippen molar-refractivity contribution < 1.29 is 8.42 Å². The molecule has 0 spiro atoms. The van der Waals surface area contributed by atoms with Crippen molar-refractivity contribution in [2.24, 2.45) is 5.92 Å². The molecule has 1 N–H and O–H groups in total. The summed E-state index contributed by atoms with van der Waals surface area (Å²) in [4.78, 5) is 0.439. The highest BCUT2D eigenvalue weighted by Gasteiger charge is 2.32. The van der Waals surface area contributed by atoms with Crippen molar-refractivity contribution in [3.63, 3.8) is 0 Å². The molecule has 21 heavy (non-hydrogen) atoms. The first-order valence-electron chi connectivity index (χ1n) is 7.92. The van der Waals surface area contributed by atoms with E-state index < -0.39 is 10.0 Å². The number of sulfonamides is 1. The van der Waals surface area contributed by atoms with E-state index in [1.165, 1.54) is 0 Å². The lowest BCUT2D eigenvalue weighted by atomic mass is 10.1. The topological polar surface area (TPSA) is 54.3 Å². The molecular weight excluding hydrogens is 286 g/mol. The van der Waals surface area contributed by atoms with Gasteiger partial charge in [-0.05, 0) is 31.9 Å². The second-order valence-corrected chi connectivity index (χ2v) is 7.60. The minimum Gasteiger partial charge on any atom is -0.349 e. The summed E-state index contributed by atoms with van der Waals surface area (Å²) in [7, 11) is -3.33. The Morgan fingerprint density at radius 1 is 1.33 bits per heavy atom. The number of nitrogens with one attached hydrogen (secondary N) is 1. The van der Waals surface area contributed by atoms with Gasteiger partial charge >= 0.3 is 0 Å². The molecule has 0 bridgehead atoms. The third kappa shape index (κ3) is 3.49. The normalized spacial score (nSPS) is 20.2. The first kappa shape index (κ1) is 16.5. The van der Waals surface area contributed by atoms with Crippen molar-refractivity contribution in [3.8, 4) is 0 Å². The minimum atomic E-state index is -3.33. The predicted molar refractivity (Wildman–Crippen MR) is 84.6 cm³/mol. The third-order valence-electron chi connectivity index (χ3n) is 4.32. The van der Waals surface area contributed by atoms with Gasteiger partial charge in [0.2, 0.25) is 10.0 Å². The van der Waals surface area contributed by atoms with E-state index in [9.17, 15) is 8.42 Å². The second kappa shape index (κ2) is 6.94. The van der Waals surface area contributed by atoms with Gasteiger partial charge in [-0.2, -0.15) is 4.31 Å². The van der Waals surface area contributed by atoms with Crippen LogP contribution < -0.4 is 5.32 Å². The van der Waals surface area contributed by atoms with Crippen LogP contribution in [0.4, 0.5) is 0 Å². The van der Waals surface area contributed by atoms with Crippen molar-refractivity contribution in [1.82, 2.24) is 14.2 Å². The summed E-state index contributed by atoms with van der Waals surface area (Å²) in [6, 6.07) is 1.82. The van der Waals surface area contributed by atoms with Gasteiger partial charge in [-0.1, -0.05) is 20.3 Å². The van der Waals surface area contributed by atoms with Gasteiger partial charge in [0, 0.05) is 38.1 Å². The number of aryl methyl sites for hydroxylation is 1. The SMILES string of the molecule is CCNCc1cc(S(=O)(=O)N2CCC(CC)C2)cn1CC. The van der Waals surface area contributed by atoms with Gasteiger partial charge in [-0.25, -0.2) is 8.42 Å². The lowest BCUT2D eigenvalue weighted by Gasteiger charge is -2.15. The zero-order valence-corrected chi connectivity index (χ0v) is 14.1. The molecule has 1 aliphatic heterocycles. The fourth-order valence-electron chi connectivity index (χ4n) is 2.86. The van der Waals surface area contributed by atoms with E-state index in [0.717, 1.165) is 31.6 Å². The molecule has 2 rings (SSSR count). The Morgan fingerprint density at radius 3 is 2.67 bits per heavy atom. The molecule has 0 aliphatic carbocycles. The Hall–Kier alpha value is -0.850. The van der Waals surface area contributed by atoms with Crippen molar-refractivity contribution in [1.29, 1.82) is 0 Å². The van der Waals surface area contributed by atoms with E-state index in [4.69, 9.17) is 0 Å². The fourth-order valence-corrected chi connectivity index (χ4v) is 4.46. The molecule has 0 saturated carbocycles. The first-order valence-corrected chi connectivity index (χ1v) is 9.36. The molecule has 1 unspecified atom stereocenters. The molecule has 6 heteroatoms. The average molecular weight is 313 g/mol. The summed E-state index contributed by atoms with van der Waals surface area (Å²) >= 11 is 0. The molecule has 1 fully saturated rings. The van der Waals surface area contributed by atoms with Crippen LogP contribution in [0.3, 0.4) is 0 Å². The molecule has 1 aromatic heterocycles. The van der Waals surface area contributed by atoms with Crippen LogP contribution in [0.5, 0.6) is 0 Å². The van der Waals surface area contributed by atoms with Gasteiger partial charge < -0.3 is 9.88 Å². The van der Waals surface area contributed by atoms with Crippen LogP contribution in [0.2, 0.25) is 0 Å². The van der Waals surface area contributed by atoms with E-state index in [2.05, 4.69) is 12.2 Å². The van der Waals surface area contributed by atoms with Crippen molar-refractivity contribution in [3.05, 3.63) is 18.0 Å². The summed E-state index contributed by atoms with van der Waals surface area (Å²) in [5.74, 6) is 0.509. The maximum absolute atomic E-state index is 12.7. The lowest BCUT2D eigenvalue weighted by molar-refractivity contribution is 0.453. The lowest BCUT2D eigenvalue weighted by Crippen LogP contribution is -2.28. The zero-order chi connectivity index (χ0) is 15.5. The van der Waals surface area contributed by atoms with Crippen molar-refractivity contribution >= 4 is 10.0 Å². The van der Waals surface area contributed by atoms with E-state index in [1.807, 2.05) is 24.5 Å². The van der Waals surface area contributed by atoms with E-state index >= 15 is 0 Å². The van der Waals surface area contributed by atoms with Crippen LogP contribution in [0.25, 0.3) is 0 Å². The average Bonchev–Trinajstić information content (AvgIpc) is 3.11. The zero-order valence-electron chi connectivity index (χ0n) is 13.3. The Kier molecular flexibility index (Phi) is 5.46. The Bertz CT molecular complexity index is 565. The number of hydrogen-bond donors (Lipinski definition) is 1. The van der Waals surface area contributed by atoms with E-state index in [0.29, 0.717) is 30.4 Å². The maximum Gasteiger partial charge on any atom is 0.244 e. The van der Waals surface area contributed by atoms with Crippen molar-refractivity contribution in [2.45, 2.75) is 51.6 Å². The number of aromatic nitrogens is 1. The van der Waals surface area contributed by atoms with Crippen molar-refractivity contribution in [2.75, 3.05) is 19.6 Å². The molecule has 5 nitrogen and oxygen atoms in total. The highest BCUT2D eigenvalue weighted by Crippen LogP contribution is 2.27. The molecule has 0 amide bonds. The van der Waals surface area contributed by atoms with Crippen LogP contribution in [0.15, 0.2) is 17.2 Å². The number of hydrogen-bond acceptors (Lipinski definition) is 3. The summed E-state index contributed by atoms with van der Waals surface area (Å²) in [6.07, 6.45) is 3.81. The van der Waals surface area contributed by atoms with Gasteiger partial charge in [0.05, 0.1) is 0 Å². The van der Waals surface area contributed by atoms with Gasteiger partial charge in [0.1, 0.15) is 4.90 Å². The number of nitrogens with zero attached hydrogens (tertiary/aromatic N) is 2. The highest BCUT2D eigenvalue weighted by molar-refractivity contribution is 7.89. The molecule has 1 atom stereocenters. The first-order chi connectivity index (χ1) is 10.0. The van der Waals surface area contributed by atoms with E-state index in [1.54, 1.807) is 10.5 Å². The van der Waals surface area contributed by atoms with Crippen LogP contribution in [0, 0.1) is 5.92 Å². The molecular formula is C15H27N3O2S. The summed E-state index contributed by atoms with van der Waals surface area (Å²) in [6.45, 7) is 9.90.